The third-order valence-electron chi connectivity index (χ3n) is 4.22. The van der Waals surface area contributed by atoms with Crippen LogP contribution >= 0.6 is 11.3 Å². The zero-order valence-electron chi connectivity index (χ0n) is 15.8. The van der Waals surface area contributed by atoms with Crippen molar-refractivity contribution in [2.24, 2.45) is 5.14 Å². The molecule has 3 aromatic rings. The number of hydrogen-bond donors (Lipinski definition) is 1. The molecule has 0 radical (unpaired) electrons. The zero-order valence-corrected chi connectivity index (χ0v) is 17.4. The topological polar surface area (TPSA) is 95.7 Å². The van der Waals surface area contributed by atoms with Gasteiger partial charge in [-0.25, -0.2) is 13.6 Å². The summed E-state index contributed by atoms with van der Waals surface area (Å²) in [5, 5.41) is 7.05. The Morgan fingerprint density at radius 2 is 1.72 bits per heavy atom. The van der Waals surface area contributed by atoms with Crippen molar-refractivity contribution in [3.05, 3.63) is 71.1 Å². The average molecular weight is 430 g/mol. The van der Waals surface area contributed by atoms with E-state index in [-0.39, 0.29) is 10.7 Å². The summed E-state index contributed by atoms with van der Waals surface area (Å²) in [4.78, 5) is 13.5. The van der Waals surface area contributed by atoms with E-state index in [1.807, 2.05) is 23.6 Å². The summed E-state index contributed by atoms with van der Waals surface area (Å²) in [6, 6.07) is 13.1. The van der Waals surface area contributed by atoms with Crippen LogP contribution in [0.2, 0.25) is 0 Å². The maximum Gasteiger partial charge on any atom is 0.238 e. The van der Waals surface area contributed by atoms with Crippen molar-refractivity contribution >= 4 is 33.2 Å². The molecule has 2 aromatic carbocycles. The maximum absolute atomic E-state index is 12.5. The number of allylic oxidation sites excluding steroid dienone is 1. The molecule has 6 nitrogen and oxygen atoms in total. The summed E-state index contributed by atoms with van der Waals surface area (Å²) >= 11 is 1.58. The van der Waals surface area contributed by atoms with Crippen LogP contribution in [0, 0.1) is 0 Å². The number of carbonyl (C=O) groups excluding carboxylic acids is 1. The van der Waals surface area contributed by atoms with Crippen LogP contribution in [0.25, 0.3) is 16.5 Å². The standard InChI is InChI=1S/C21H19NO5S2/c1-26-19-13-20(27-2)17(21-4-3-11-28-21)12-15(19)7-10-18(23)14-5-8-16(9-6-14)29(22,24)25/h3-13H,1-2H3,(H2,22,24,25)/b10-7+. The number of ether oxygens (including phenoxy) is 2. The second kappa shape index (κ2) is 8.60. The monoisotopic (exact) mass is 429 g/mol. The molecule has 0 saturated carbocycles. The van der Waals surface area contributed by atoms with E-state index in [1.165, 1.54) is 30.3 Å². The number of hydrogen-bond acceptors (Lipinski definition) is 6. The molecule has 0 atom stereocenters. The quantitative estimate of drug-likeness (QED) is 0.453. The van der Waals surface area contributed by atoms with Gasteiger partial charge in [0.1, 0.15) is 11.5 Å². The molecule has 0 spiro atoms. The van der Waals surface area contributed by atoms with Gasteiger partial charge >= 0.3 is 0 Å². The van der Waals surface area contributed by atoms with Gasteiger partial charge in [0, 0.05) is 27.6 Å². The van der Waals surface area contributed by atoms with Gasteiger partial charge in [-0.3, -0.25) is 4.79 Å². The van der Waals surface area contributed by atoms with E-state index < -0.39 is 10.0 Å². The highest BCUT2D eigenvalue weighted by atomic mass is 32.2. The van der Waals surface area contributed by atoms with Crippen molar-refractivity contribution in [3.8, 4) is 21.9 Å². The largest absolute Gasteiger partial charge is 0.496 e. The van der Waals surface area contributed by atoms with Crippen molar-refractivity contribution in [1.29, 1.82) is 0 Å². The first kappa shape index (κ1) is 20.8. The highest BCUT2D eigenvalue weighted by Gasteiger charge is 2.13. The Bertz CT molecular complexity index is 1150. The van der Waals surface area contributed by atoms with Crippen LogP contribution in [-0.4, -0.2) is 28.4 Å². The van der Waals surface area contributed by atoms with E-state index in [0.29, 0.717) is 22.6 Å². The molecule has 0 amide bonds. The van der Waals surface area contributed by atoms with Crippen LogP contribution in [0.15, 0.2) is 64.9 Å². The number of methoxy groups -OCH3 is 2. The first-order valence-corrected chi connectivity index (χ1v) is 10.9. The van der Waals surface area contributed by atoms with Crippen molar-refractivity contribution < 1.29 is 22.7 Å². The molecule has 0 unspecified atom stereocenters. The molecule has 2 N–H and O–H groups in total. The number of nitrogens with two attached hydrogens (primary N) is 1. The van der Waals surface area contributed by atoms with E-state index in [1.54, 1.807) is 37.7 Å². The summed E-state index contributed by atoms with van der Waals surface area (Å²) < 4.78 is 33.6. The summed E-state index contributed by atoms with van der Waals surface area (Å²) in [6.07, 6.45) is 3.07. The maximum atomic E-state index is 12.5. The van der Waals surface area contributed by atoms with Crippen molar-refractivity contribution in [2.45, 2.75) is 4.90 Å². The molecule has 0 fully saturated rings. The second-order valence-electron chi connectivity index (χ2n) is 6.04. The number of primary sulfonamides is 1. The van der Waals surface area contributed by atoms with Gasteiger partial charge in [-0.1, -0.05) is 6.07 Å². The molecule has 3 rings (SSSR count). The van der Waals surface area contributed by atoms with Gasteiger partial charge in [-0.05, 0) is 53.9 Å². The number of thiophene rings is 1. The summed E-state index contributed by atoms with van der Waals surface area (Å²) in [6.45, 7) is 0. The molecule has 150 valence electrons. The van der Waals surface area contributed by atoms with Crippen LogP contribution in [0.3, 0.4) is 0 Å². The normalized spacial score (nSPS) is 11.6. The van der Waals surface area contributed by atoms with Crippen LogP contribution in [-0.2, 0) is 10.0 Å². The molecule has 8 heteroatoms. The molecule has 1 aromatic heterocycles. The Morgan fingerprint density at radius 1 is 1.03 bits per heavy atom. The smallest absolute Gasteiger partial charge is 0.238 e. The molecule has 0 bridgehead atoms. The lowest BCUT2D eigenvalue weighted by Gasteiger charge is -2.12. The van der Waals surface area contributed by atoms with Crippen LogP contribution in [0.1, 0.15) is 15.9 Å². The fraction of sp³-hybridized carbons (Fsp3) is 0.0952. The van der Waals surface area contributed by atoms with Crippen molar-refractivity contribution in [1.82, 2.24) is 0 Å². The lowest BCUT2D eigenvalue weighted by atomic mass is 10.0. The number of rotatable bonds is 7. The van der Waals surface area contributed by atoms with Gasteiger partial charge in [0.15, 0.2) is 5.78 Å². The molecule has 0 aliphatic heterocycles. The third-order valence-corrected chi connectivity index (χ3v) is 6.05. The number of carbonyl (C=O) groups is 1. The predicted octanol–water partition coefficient (Wildman–Crippen LogP) is 3.98. The average Bonchev–Trinajstić information content (AvgIpc) is 3.25. The molecule has 0 aliphatic rings. The molecular weight excluding hydrogens is 410 g/mol. The lowest BCUT2D eigenvalue weighted by Crippen LogP contribution is -2.12. The molecule has 0 aliphatic carbocycles. The fourth-order valence-corrected chi connectivity index (χ4v) is 4.01. The Morgan fingerprint density at radius 3 is 2.28 bits per heavy atom. The Kier molecular flexibility index (Phi) is 6.17. The minimum atomic E-state index is -3.80. The minimum Gasteiger partial charge on any atom is -0.496 e. The summed E-state index contributed by atoms with van der Waals surface area (Å²) in [5.74, 6) is 0.962. The van der Waals surface area contributed by atoms with E-state index in [2.05, 4.69) is 0 Å². The highest BCUT2D eigenvalue weighted by molar-refractivity contribution is 7.89. The zero-order chi connectivity index (χ0) is 21.0. The van der Waals surface area contributed by atoms with Crippen LogP contribution in [0.5, 0.6) is 11.5 Å². The lowest BCUT2D eigenvalue weighted by molar-refractivity contribution is 0.104. The highest BCUT2D eigenvalue weighted by Crippen LogP contribution is 2.38. The van der Waals surface area contributed by atoms with Crippen molar-refractivity contribution in [2.75, 3.05) is 14.2 Å². The molecular formula is C21H19NO5S2. The summed E-state index contributed by atoms with van der Waals surface area (Å²) in [7, 11) is -0.660. The SMILES string of the molecule is COc1cc(OC)c(-c2cccs2)cc1/C=C/C(=O)c1ccc(S(N)(=O)=O)cc1. The van der Waals surface area contributed by atoms with E-state index in [4.69, 9.17) is 14.6 Å². The van der Waals surface area contributed by atoms with Gasteiger partial charge in [0.05, 0.1) is 19.1 Å². The first-order chi connectivity index (χ1) is 13.8. The second-order valence-corrected chi connectivity index (χ2v) is 8.55. The number of benzene rings is 2. The van der Waals surface area contributed by atoms with Gasteiger partial charge < -0.3 is 9.47 Å². The van der Waals surface area contributed by atoms with Gasteiger partial charge in [-0.2, -0.15) is 0 Å². The Hall–Kier alpha value is -2.94. The van der Waals surface area contributed by atoms with E-state index >= 15 is 0 Å². The Balaban J connectivity index is 1.93. The van der Waals surface area contributed by atoms with Crippen LogP contribution in [0.4, 0.5) is 0 Å². The molecule has 29 heavy (non-hydrogen) atoms. The fourth-order valence-electron chi connectivity index (χ4n) is 2.75. The minimum absolute atomic E-state index is 0.0459. The van der Waals surface area contributed by atoms with Gasteiger partial charge in [-0.15, -0.1) is 11.3 Å². The van der Waals surface area contributed by atoms with Crippen molar-refractivity contribution in [3.63, 3.8) is 0 Å². The molecule has 1 heterocycles. The van der Waals surface area contributed by atoms with Gasteiger partial charge in [0.25, 0.3) is 0 Å². The number of ketones is 1. The van der Waals surface area contributed by atoms with E-state index in [0.717, 1.165) is 10.4 Å². The van der Waals surface area contributed by atoms with E-state index in [9.17, 15) is 13.2 Å². The van der Waals surface area contributed by atoms with Gasteiger partial charge in [0.2, 0.25) is 10.0 Å². The summed E-state index contributed by atoms with van der Waals surface area (Å²) in [5.41, 5.74) is 1.96. The first-order valence-electron chi connectivity index (χ1n) is 8.48. The third kappa shape index (κ3) is 4.73. The Labute approximate surface area is 173 Å². The molecule has 0 saturated heterocycles. The van der Waals surface area contributed by atoms with Crippen LogP contribution < -0.4 is 14.6 Å². The number of sulfonamides is 1. The predicted molar refractivity (Wildman–Crippen MR) is 114 cm³/mol.